The summed E-state index contributed by atoms with van der Waals surface area (Å²) in [5, 5.41) is 13.6. The third kappa shape index (κ3) is 3.74. The van der Waals surface area contributed by atoms with Gasteiger partial charge in [0, 0.05) is 17.6 Å². The first-order valence-electron chi connectivity index (χ1n) is 7.75. The second kappa shape index (κ2) is 6.74. The van der Waals surface area contributed by atoms with E-state index in [-0.39, 0.29) is 22.9 Å². The highest BCUT2D eigenvalue weighted by Gasteiger charge is 2.38. The van der Waals surface area contributed by atoms with Gasteiger partial charge in [-0.3, -0.25) is 4.68 Å². The van der Waals surface area contributed by atoms with Crippen molar-refractivity contribution in [3.63, 3.8) is 0 Å². The molecule has 0 unspecified atom stereocenters. The number of fused-ring (bicyclic) bond motifs is 1. The summed E-state index contributed by atoms with van der Waals surface area (Å²) in [6.45, 7) is -0.410. The van der Waals surface area contributed by atoms with E-state index in [1.807, 2.05) is 6.07 Å². The molecule has 0 aliphatic rings. The predicted molar refractivity (Wildman–Crippen MR) is 86.5 cm³/mol. The molecular weight excluding hydrogens is 388 g/mol. The van der Waals surface area contributed by atoms with E-state index >= 15 is 0 Å². The van der Waals surface area contributed by atoms with E-state index < -0.39 is 30.0 Å². The fourth-order valence-corrected chi connectivity index (χ4v) is 2.78. The maximum Gasteiger partial charge on any atom is 0.416 e. The van der Waals surface area contributed by atoms with E-state index in [1.165, 1.54) is 25.4 Å². The van der Waals surface area contributed by atoms with Gasteiger partial charge in [-0.2, -0.15) is 36.7 Å². The van der Waals surface area contributed by atoms with Crippen molar-refractivity contribution < 1.29 is 31.1 Å². The summed E-state index contributed by atoms with van der Waals surface area (Å²) in [5.74, 6) is 0.260. The molecule has 1 heterocycles. The van der Waals surface area contributed by atoms with E-state index in [0.717, 1.165) is 10.7 Å². The molecule has 4 nitrogen and oxygen atoms in total. The standard InChI is InChI=1S/C18H11F6N3O/c1-28-15-5-10(7-25)4-12-9-27(26-16(12)15)8-11-2-3-13(17(19,20)21)6-14(11)18(22,23)24/h2-6,9H,8H2,1H3. The van der Waals surface area contributed by atoms with Crippen LogP contribution in [-0.2, 0) is 18.9 Å². The maximum absolute atomic E-state index is 13.3. The number of ether oxygens (including phenoxy) is 1. The third-order valence-corrected chi connectivity index (χ3v) is 4.04. The van der Waals surface area contributed by atoms with Crippen molar-refractivity contribution in [3.8, 4) is 11.8 Å². The Morgan fingerprint density at radius 3 is 2.36 bits per heavy atom. The van der Waals surface area contributed by atoms with Crippen molar-refractivity contribution in [1.82, 2.24) is 9.78 Å². The number of hydrogen-bond donors (Lipinski definition) is 0. The van der Waals surface area contributed by atoms with Crippen LogP contribution in [0.5, 0.6) is 5.75 Å². The molecule has 0 atom stereocenters. The Balaban J connectivity index is 2.07. The molecule has 3 aromatic rings. The Kier molecular flexibility index (Phi) is 4.71. The first-order chi connectivity index (χ1) is 13.0. The lowest BCUT2D eigenvalue weighted by molar-refractivity contribution is -0.143. The number of aromatic nitrogens is 2. The minimum Gasteiger partial charge on any atom is -0.494 e. The molecule has 0 amide bonds. The summed E-state index contributed by atoms with van der Waals surface area (Å²) in [7, 11) is 1.35. The Bertz CT molecular complexity index is 1080. The van der Waals surface area contributed by atoms with Crippen LogP contribution >= 0.6 is 0 Å². The molecule has 0 saturated carbocycles. The van der Waals surface area contributed by atoms with E-state index in [0.29, 0.717) is 17.0 Å². The maximum atomic E-state index is 13.3. The van der Waals surface area contributed by atoms with Gasteiger partial charge < -0.3 is 4.74 Å². The van der Waals surface area contributed by atoms with Gasteiger partial charge >= 0.3 is 12.4 Å². The highest BCUT2D eigenvalue weighted by atomic mass is 19.4. The van der Waals surface area contributed by atoms with Gasteiger partial charge in [-0.15, -0.1) is 0 Å². The van der Waals surface area contributed by atoms with Gasteiger partial charge in [-0.05, 0) is 23.8 Å². The van der Waals surface area contributed by atoms with Crippen LogP contribution in [0.3, 0.4) is 0 Å². The van der Waals surface area contributed by atoms with Gasteiger partial charge in [-0.1, -0.05) is 6.07 Å². The van der Waals surface area contributed by atoms with Crippen LogP contribution in [-0.4, -0.2) is 16.9 Å². The minimum atomic E-state index is -4.96. The summed E-state index contributed by atoms with van der Waals surface area (Å²) in [6, 6.07) is 6.32. The number of hydrogen-bond acceptors (Lipinski definition) is 3. The van der Waals surface area contributed by atoms with Gasteiger partial charge in [0.15, 0.2) is 0 Å². The molecule has 0 aliphatic carbocycles. The molecule has 0 N–H and O–H groups in total. The molecule has 2 aromatic carbocycles. The Morgan fingerprint density at radius 1 is 1.07 bits per heavy atom. The average Bonchev–Trinajstić information content (AvgIpc) is 3.01. The number of halogens is 6. The van der Waals surface area contributed by atoms with Crippen molar-refractivity contribution in [1.29, 1.82) is 5.26 Å². The zero-order chi connectivity index (χ0) is 20.7. The first kappa shape index (κ1) is 19.5. The van der Waals surface area contributed by atoms with Gasteiger partial charge in [0.25, 0.3) is 0 Å². The van der Waals surface area contributed by atoms with Crippen LogP contribution in [0.4, 0.5) is 26.3 Å². The van der Waals surface area contributed by atoms with Crippen LogP contribution in [0.2, 0.25) is 0 Å². The number of alkyl halides is 6. The fraction of sp³-hybridized carbons (Fsp3) is 0.222. The molecule has 0 fully saturated rings. The molecular formula is C18H11F6N3O. The van der Waals surface area contributed by atoms with Gasteiger partial charge in [0.05, 0.1) is 36.4 Å². The van der Waals surface area contributed by atoms with Crippen molar-refractivity contribution in [2.75, 3.05) is 7.11 Å². The highest BCUT2D eigenvalue weighted by Crippen LogP contribution is 2.37. The number of methoxy groups -OCH3 is 1. The largest absolute Gasteiger partial charge is 0.494 e. The summed E-state index contributed by atoms with van der Waals surface area (Å²) in [6.07, 6.45) is -8.45. The van der Waals surface area contributed by atoms with Crippen molar-refractivity contribution in [2.24, 2.45) is 0 Å². The zero-order valence-corrected chi connectivity index (χ0v) is 14.2. The highest BCUT2D eigenvalue weighted by molar-refractivity contribution is 5.85. The SMILES string of the molecule is COc1cc(C#N)cc2cn(Cc3ccc(C(F)(F)F)cc3C(F)(F)F)nc12. The van der Waals surface area contributed by atoms with Gasteiger partial charge in [0.2, 0.25) is 0 Å². The summed E-state index contributed by atoms with van der Waals surface area (Å²) < 4.78 is 84.5. The van der Waals surface area contributed by atoms with Crippen molar-refractivity contribution in [2.45, 2.75) is 18.9 Å². The molecule has 0 spiro atoms. The van der Waals surface area contributed by atoms with E-state index in [2.05, 4.69) is 5.10 Å². The second-order valence-electron chi connectivity index (χ2n) is 5.92. The average molecular weight is 399 g/mol. The molecule has 28 heavy (non-hydrogen) atoms. The zero-order valence-electron chi connectivity index (χ0n) is 14.2. The lowest BCUT2D eigenvalue weighted by Crippen LogP contribution is -2.15. The fourth-order valence-electron chi connectivity index (χ4n) is 2.78. The molecule has 0 radical (unpaired) electrons. The lowest BCUT2D eigenvalue weighted by Gasteiger charge is -2.16. The molecule has 0 bridgehead atoms. The smallest absolute Gasteiger partial charge is 0.416 e. The molecule has 146 valence electrons. The van der Waals surface area contributed by atoms with Crippen LogP contribution in [0.15, 0.2) is 36.5 Å². The molecule has 10 heteroatoms. The molecule has 3 rings (SSSR count). The number of nitriles is 1. The van der Waals surface area contributed by atoms with E-state index in [1.54, 1.807) is 0 Å². The molecule has 0 aliphatic heterocycles. The quantitative estimate of drug-likeness (QED) is 0.583. The summed E-state index contributed by atoms with van der Waals surface area (Å²) >= 11 is 0. The normalized spacial score (nSPS) is 12.2. The van der Waals surface area contributed by atoms with Crippen molar-refractivity contribution in [3.05, 3.63) is 58.8 Å². The molecule has 1 aromatic heterocycles. The third-order valence-electron chi connectivity index (χ3n) is 4.04. The van der Waals surface area contributed by atoms with Gasteiger partial charge in [-0.25, -0.2) is 0 Å². The molecule has 0 saturated heterocycles. The minimum absolute atomic E-state index is 0.0902. The van der Waals surface area contributed by atoms with Crippen molar-refractivity contribution >= 4 is 10.9 Å². The van der Waals surface area contributed by atoms with E-state index in [4.69, 9.17) is 10.00 Å². The second-order valence-corrected chi connectivity index (χ2v) is 5.92. The topological polar surface area (TPSA) is 50.8 Å². The number of benzene rings is 2. The number of rotatable bonds is 3. The first-order valence-corrected chi connectivity index (χ1v) is 7.75. The summed E-state index contributed by atoms with van der Waals surface area (Å²) in [5.41, 5.74) is -2.54. The Morgan fingerprint density at radius 2 is 1.79 bits per heavy atom. The monoisotopic (exact) mass is 399 g/mol. The Hall–Kier alpha value is -3.22. The summed E-state index contributed by atoms with van der Waals surface area (Å²) in [4.78, 5) is 0. The van der Waals surface area contributed by atoms with Crippen LogP contribution in [0.1, 0.15) is 22.3 Å². The van der Waals surface area contributed by atoms with Crippen LogP contribution < -0.4 is 4.74 Å². The van der Waals surface area contributed by atoms with Crippen LogP contribution in [0.25, 0.3) is 10.9 Å². The number of nitrogens with zero attached hydrogens (tertiary/aromatic N) is 3. The Labute approximate surface area is 154 Å². The predicted octanol–water partition coefficient (Wildman–Crippen LogP) is 5.00. The lowest BCUT2D eigenvalue weighted by atomic mass is 10.0. The van der Waals surface area contributed by atoms with Crippen LogP contribution in [0, 0.1) is 11.3 Å². The van der Waals surface area contributed by atoms with E-state index in [9.17, 15) is 26.3 Å². The van der Waals surface area contributed by atoms with Gasteiger partial charge in [0.1, 0.15) is 11.3 Å².